The minimum Gasteiger partial charge on any atom is -0.479 e. The Morgan fingerprint density at radius 2 is 1.62 bits per heavy atom. The van der Waals surface area contributed by atoms with E-state index in [9.17, 15) is 30.3 Å². The van der Waals surface area contributed by atoms with Crippen molar-refractivity contribution in [1.82, 2.24) is 0 Å². The molecule has 24 heavy (non-hydrogen) atoms. The molecule has 12 nitrogen and oxygen atoms in total. The number of aliphatic carboxylic acids is 1. The second-order valence-electron chi connectivity index (χ2n) is 5.65. The predicted octanol–water partition coefficient (Wildman–Crippen LogP) is -5.34. The van der Waals surface area contributed by atoms with Crippen LogP contribution in [-0.4, -0.2) is 110 Å². The number of aliphatic hydroxyl groups excluding tert-OH is 6. The number of hydrogen-bond acceptors (Lipinski definition) is 11. The maximum atomic E-state index is 11.0. The quantitative estimate of drug-likeness (QED) is 0.237. The number of carboxylic acid groups (broad SMARTS) is 1. The SMILES string of the molecule is NC1C(O)OC(CO)C(O)C1OC1OC(C(=O)O)C(O)C(O)C1O. The molecule has 0 bridgehead atoms. The summed E-state index contributed by atoms with van der Waals surface area (Å²) in [5.74, 6) is -1.60. The third-order valence-corrected chi connectivity index (χ3v) is 4.02. The highest BCUT2D eigenvalue weighted by molar-refractivity contribution is 5.73. The van der Waals surface area contributed by atoms with Gasteiger partial charge in [-0.05, 0) is 0 Å². The van der Waals surface area contributed by atoms with Gasteiger partial charge in [0.2, 0.25) is 0 Å². The van der Waals surface area contributed by atoms with Gasteiger partial charge in [-0.15, -0.1) is 0 Å². The Morgan fingerprint density at radius 3 is 2.17 bits per heavy atom. The second-order valence-corrected chi connectivity index (χ2v) is 5.65. The van der Waals surface area contributed by atoms with Crippen LogP contribution in [0.25, 0.3) is 0 Å². The van der Waals surface area contributed by atoms with E-state index in [0.29, 0.717) is 0 Å². The van der Waals surface area contributed by atoms with Crippen LogP contribution in [0.5, 0.6) is 0 Å². The third-order valence-electron chi connectivity index (χ3n) is 4.02. The van der Waals surface area contributed by atoms with Crippen molar-refractivity contribution in [2.24, 2.45) is 5.73 Å². The van der Waals surface area contributed by atoms with Gasteiger partial charge in [0.15, 0.2) is 18.7 Å². The minimum atomic E-state index is -1.90. The van der Waals surface area contributed by atoms with E-state index < -0.39 is 73.9 Å². The number of carbonyl (C=O) groups is 1. The molecule has 10 unspecified atom stereocenters. The van der Waals surface area contributed by atoms with Gasteiger partial charge in [0.05, 0.1) is 12.6 Å². The first-order valence-electron chi connectivity index (χ1n) is 7.15. The van der Waals surface area contributed by atoms with Crippen LogP contribution in [-0.2, 0) is 19.0 Å². The van der Waals surface area contributed by atoms with Gasteiger partial charge in [-0.2, -0.15) is 0 Å². The molecule has 12 heteroatoms. The molecule has 2 heterocycles. The minimum absolute atomic E-state index is 0.669. The fourth-order valence-electron chi connectivity index (χ4n) is 2.59. The first-order valence-corrected chi connectivity index (χ1v) is 7.15. The molecule has 0 saturated carbocycles. The summed E-state index contributed by atoms with van der Waals surface area (Å²) in [5.41, 5.74) is 5.64. The summed E-state index contributed by atoms with van der Waals surface area (Å²) in [6, 6.07) is -1.31. The van der Waals surface area contributed by atoms with E-state index in [4.69, 9.17) is 30.2 Å². The summed E-state index contributed by atoms with van der Waals surface area (Å²) in [4.78, 5) is 11.0. The van der Waals surface area contributed by atoms with Crippen LogP contribution in [0.15, 0.2) is 0 Å². The van der Waals surface area contributed by atoms with Gasteiger partial charge in [-0.1, -0.05) is 0 Å². The Bertz CT molecular complexity index is 451. The number of ether oxygens (including phenoxy) is 3. The summed E-state index contributed by atoms with van der Waals surface area (Å²) >= 11 is 0. The Balaban J connectivity index is 2.16. The van der Waals surface area contributed by atoms with Crippen molar-refractivity contribution in [2.75, 3.05) is 6.61 Å². The number of hydrogen-bond donors (Lipinski definition) is 8. The molecule has 9 N–H and O–H groups in total. The average Bonchev–Trinajstić information content (AvgIpc) is 2.54. The lowest BCUT2D eigenvalue weighted by atomic mass is 9.96. The monoisotopic (exact) mass is 355 g/mol. The molecular weight excluding hydrogens is 334 g/mol. The first kappa shape index (κ1) is 19.4. The van der Waals surface area contributed by atoms with Gasteiger partial charge in [-0.25, -0.2) is 4.79 Å². The van der Waals surface area contributed by atoms with Gasteiger partial charge < -0.3 is 55.7 Å². The molecule has 10 atom stereocenters. The fraction of sp³-hybridized carbons (Fsp3) is 0.917. The van der Waals surface area contributed by atoms with Gasteiger partial charge in [0, 0.05) is 0 Å². The first-order chi connectivity index (χ1) is 11.2. The molecule has 0 radical (unpaired) electrons. The lowest BCUT2D eigenvalue weighted by Gasteiger charge is -2.45. The number of rotatable bonds is 4. The molecule has 2 saturated heterocycles. The van der Waals surface area contributed by atoms with Gasteiger partial charge in [0.25, 0.3) is 0 Å². The van der Waals surface area contributed by atoms with Crippen LogP contribution in [0, 0.1) is 0 Å². The van der Waals surface area contributed by atoms with Crippen LogP contribution >= 0.6 is 0 Å². The molecule has 2 fully saturated rings. The Kier molecular flexibility index (Phi) is 6.09. The molecule has 0 amide bonds. The molecule has 0 spiro atoms. The van der Waals surface area contributed by atoms with E-state index in [0.717, 1.165) is 0 Å². The largest absolute Gasteiger partial charge is 0.479 e. The number of aliphatic hydroxyl groups is 6. The summed E-state index contributed by atoms with van der Waals surface area (Å²) in [7, 11) is 0. The van der Waals surface area contributed by atoms with Gasteiger partial charge >= 0.3 is 5.97 Å². The van der Waals surface area contributed by atoms with E-state index in [-0.39, 0.29) is 0 Å². The van der Waals surface area contributed by atoms with Crippen LogP contribution < -0.4 is 5.73 Å². The lowest BCUT2D eigenvalue weighted by Crippen LogP contribution is -2.66. The molecule has 0 aromatic carbocycles. The van der Waals surface area contributed by atoms with Crippen LogP contribution in [0.4, 0.5) is 0 Å². The zero-order valence-corrected chi connectivity index (χ0v) is 12.3. The van der Waals surface area contributed by atoms with Crippen molar-refractivity contribution in [3.8, 4) is 0 Å². The van der Waals surface area contributed by atoms with Crippen molar-refractivity contribution >= 4 is 5.97 Å². The third kappa shape index (κ3) is 3.52. The van der Waals surface area contributed by atoms with Crippen molar-refractivity contribution in [1.29, 1.82) is 0 Å². The normalized spacial score (nSPS) is 49.8. The maximum Gasteiger partial charge on any atom is 0.335 e. The average molecular weight is 355 g/mol. The van der Waals surface area contributed by atoms with Gasteiger partial charge in [-0.3, -0.25) is 0 Å². The van der Waals surface area contributed by atoms with Crippen LogP contribution in [0.2, 0.25) is 0 Å². The predicted molar refractivity (Wildman–Crippen MR) is 71.1 cm³/mol. The van der Waals surface area contributed by atoms with E-state index in [1.54, 1.807) is 0 Å². The fourth-order valence-corrected chi connectivity index (χ4v) is 2.59. The zero-order chi connectivity index (χ0) is 18.2. The highest BCUT2D eigenvalue weighted by Crippen LogP contribution is 2.28. The van der Waals surface area contributed by atoms with E-state index in [1.807, 2.05) is 0 Å². The van der Waals surface area contributed by atoms with Crippen LogP contribution in [0.1, 0.15) is 0 Å². The Labute approximate surface area is 135 Å². The highest BCUT2D eigenvalue weighted by atomic mass is 16.7. The van der Waals surface area contributed by atoms with E-state index in [2.05, 4.69) is 0 Å². The molecule has 2 aliphatic heterocycles. The van der Waals surface area contributed by atoms with E-state index in [1.165, 1.54) is 0 Å². The smallest absolute Gasteiger partial charge is 0.335 e. The summed E-state index contributed by atoms with van der Waals surface area (Å²) in [6.07, 6.45) is -15.1. The molecular formula is C12H21NO11. The molecule has 2 aliphatic rings. The van der Waals surface area contributed by atoms with Crippen molar-refractivity contribution < 1.29 is 54.8 Å². The molecule has 0 aromatic heterocycles. The van der Waals surface area contributed by atoms with Crippen LogP contribution in [0.3, 0.4) is 0 Å². The summed E-state index contributed by atoms with van der Waals surface area (Å²) < 4.78 is 15.0. The summed E-state index contributed by atoms with van der Waals surface area (Å²) in [5, 5.41) is 67.0. The molecule has 2 rings (SSSR count). The number of nitrogens with two attached hydrogens (primary N) is 1. The molecule has 0 aromatic rings. The summed E-state index contributed by atoms with van der Waals surface area (Å²) in [6.45, 7) is -0.669. The standard InChI is InChI=1S/C12H21NO11/c13-3-8(4(15)2(1-14)22-11(3)21)23-12-7(18)5(16)6(17)9(24-12)10(19)20/h2-9,11-12,14-18,21H,1,13H2,(H,19,20). The molecule has 0 aliphatic carbocycles. The van der Waals surface area contributed by atoms with Crippen molar-refractivity contribution in [3.05, 3.63) is 0 Å². The van der Waals surface area contributed by atoms with Gasteiger partial charge in [0.1, 0.15) is 36.6 Å². The lowest BCUT2D eigenvalue weighted by molar-refractivity contribution is -0.335. The molecule has 140 valence electrons. The Hall–Kier alpha value is -0.930. The van der Waals surface area contributed by atoms with E-state index >= 15 is 0 Å². The maximum absolute atomic E-state index is 11.0. The Morgan fingerprint density at radius 1 is 1.00 bits per heavy atom. The highest BCUT2D eigenvalue weighted by Gasteiger charge is 2.51. The number of carboxylic acids is 1. The zero-order valence-electron chi connectivity index (χ0n) is 12.3. The van der Waals surface area contributed by atoms with Crippen molar-refractivity contribution in [3.63, 3.8) is 0 Å². The van der Waals surface area contributed by atoms with Crippen molar-refractivity contribution in [2.45, 2.75) is 61.3 Å². The topological polar surface area (TPSA) is 212 Å². The second kappa shape index (κ2) is 7.53.